The van der Waals surface area contributed by atoms with Crippen LogP contribution in [0.1, 0.15) is 15.9 Å². The molecule has 0 aromatic heterocycles. The third-order valence-corrected chi connectivity index (χ3v) is 3.78. The van der Waals surface area contributed by atoms with Crippen molar-refractivity contribution in [2.75, 3.05) is 5.75 Å². The SMILES string of the molecule is C#CCS(=O)(=O)c1cccc(C(=O)O)c1C. The summed E-state index contributed by atoms with van der Waals surface area (Å²) in [5.74, 6) is 0.456. The molecule has 0 aliphatic heterocycles. The van der Waals surface area contributed by atoms with Gasteiger partial charge in [0.05, 0.1) is 10.5 Å². The van der Waals surface area contributed by atoms with Gasteiger partial charge in [0.1, 0.15) is 5.75 Å². The zero-order valence-corrected chi connectivity index (χ0v) is 9.41. The fraction of sp³-hybridized carbons (Fsp3) is 0.182. The lowest BCUT2D eigenvalue weighted by molar-refractivity contribution is 0.0696. The van der Waals surface area contributed by atoms with Crippen LogP contribution in [-0.2, 0) is 9.84 Å². The average Bonchev–Trinajstić information content (AvgIpc) is 2.17. The topological polar surface area (TPSA) is 71.4 Å². The number of benzene rings is 1. The lowest BCUT2D eigenvalue weighted by Gasteiger charge is -2.07. The Morgan fingerprint density at radius 2 is 2.12 bits per heavy atom. The molecule has 4 nitrogen and oxygen atoms in total. The second-order valence-corrected chi connectivity index (χ2v) is 5.16. The minimum Gasteiger partial charge on any atom is -0.478 e. The molecule has 1 aromatic rings. The molecule has 0 heterocycles. The lowest BCUT2D eigenvalue weighted by atomic mass is 10.1. The molecule has 84 valence electrons. The van der Waals surface area contributed by atoms with Gasteiger partial charge >= 0.3 is 5.97 Å². The summed E-state index contributed by atoms with van der Waals surface area (Å²) in [6.45, 7) is 1.45. The highest BCUT2D eigenvalue weighted by atomic mass is 32.2. The van der Waals surface area contributed by atoms with Crippen LogP contribution in [0.3, 0.4) is 0 Å². The van der Waals surface area contributed by atoms with Crippen LogP contribution in [0.5, 0.6) is 0 Å². The fourth-order valence-corrected chi connectivity index (χ4v) is 2.61. The number of carboxylic acid groups (broad SMARTS) is 1. The van der Waals surface area contributed by atoms with Crippen molar-refractivity contribution in [1.29, 1.82) is 0 Å². The van der Waals surface area contributed by atoms with E-state index in [1.54, 1.807) is 0 Å². The first kappa shape index (κ1) is 12.3. The van der Waals surface area contributed by atoms with Crippen LogP contribution >= 0.6 is 0 Å². The van der Waals surface area contributed by atoms with E-state index in [1.165, 1.54) is 25.1 Å². The number of sulfone groups is 1. The molecule has 0 unspecified atom stereocenters. The maximum atomic E-state index is 11.7. The monoisotopic (exact) mass is 238 g/mol. The molecule has 0 saturated carbocycles. The minimum atomic E-state index is -3.60. The van der Waals surface area contributed by atoms with Crippen LogP contribution in [0.25, 0.3) is 0 Å². The predicted octanol–water partition coefficient (Wildman–Crippen LogP) is 1.10. The third-order valence-electron chi connectivity index (χ3n) is 2.12. The molecule has 0 amide bonds. The molecule has 0 aliphatic rings. The molecular formula is C11H10O4S. The summed E-state index contributed by atoms with van der Waals surface area (Å²) < 4.78 is 23.4. The lowest BCUT2D eigenvalue weighted by Crippen LogP contribution is -2.10. The van der Waals surface area contributed by atoms with Gasteiger partial charge in [0.25, 0.3) is 0 Å². The summed E-state index contributed by atoms with van der Waals surface area (Å²) in [5.41, 5.74) is 0.184. The molecule has 16 heavy (non-hydrogen) atoms. The second kappa shape index (κ2) is 4.37. The van der Waals surface area contributed by atoms with Crippen molar-refractivity contribution >= 4 is 15.8 Å². The largest absolute Gasteiger partial charge is 0.478 e. The number of hydrogen-bond acceptors (Lipinski definition) is 3. The molecule has 0 fully saturated rings. The zero-order valence-electron chi connectivity index (χ0n) is 8.60. The maximum absolute atomic E-state index is 11.7. The standard InChI is InChI=1S/C11H10O4S/c1-3-7-16(14,15)10-6-4-5-9(8(10)2)11(12)13/h1,4-6H,7H2,2H3,(H,12,13). The van der Waals surface area contributed by atoms with Gasteiger partial charge in [0.15, 0.2) is 9.84 Å². The van der Waals surface area contributed by atoms with Crippen molar-refractivity contribution in [3.63, 3.8) is 0 Å². The smallest absolute Gasteiger partial charge is 0.335 e. The normalized spacial score (nSPS) is 10.8. The molecule has 0 atom stereocenters. The molecule has 0 aliphatic carbocycles. The highest BCUT2D eigenvalue weighted by Crippen LogP contribution is 2.19. The summed E-state index contributed by atoms with van der Waals surface area (Å²) in [6, 6.07) is 4.10. The number of terminal acetylenes is 1. The molecule has 5 heteroatoms. The van der Waals surface area contributed by atoms with Gasteiger partial charge in [0, 0.05) is 0 Å². The Balaban J connectivity index is 3.44. The van der Waals surface area contributed by atoms with Crippen molar-refractivity contribution in [1.82, 2.24) is 0 Å². The Morgan fingerprint density at radius 3 is 2.62 bits per heavy atom. The Kier molecular flexibility index (Phi) is 3.35. The van der Waals surface area contributed by atoms with E-state index < -0.39 is 21.6 Å². The number of rotatable bonds is 3. The molecule has 0 bridgehead atoms. The van der Waals surface area contributed by atoms with Crippen molar-refractivity contribution < 1.29 is 18.3 Å². The van der Waals surface area contributed by atoms with Crippen LogP contribution in [0.4, 0.5) is 0 Å². The number of hydrogen-bond donors (Lipinski definition) is 1. The molecule has 0 spiro atoms. The van der Waals surface area contributed by atoms with Gasteiger partial charge in [-0.3, -0.25) is 0 Å². The van der Waals surface area contributed by atoms with Crippen LogP contribution < -0.4 is 0 Å². The number of aromatic carboxylic acids is 1. The van der Waals surface area contributed by atoms with E-state index in [-0.39, 0.29) is 16.0 Å². The van der Waals surface area contributed by atoms with Gasteiger partial charge in [-0.15, -0.1) is 6.42 Å². The molecule has 1 N–H and O–H groups in total. The van der Waals surface area contributed by atoms with E-state index in [9.17, 15) is 13.2 Å². The van der Waals surface area contributed by atoms with Gasteiger partial charge in [-0.1, -0.05) is 12.0 Å². The van der Waals surface area contributed by atoms with Crippen LogP contribution in [-0.4, -0.2) is 25.2 Å². The highest BCUT2D eigenvalue weighted by Gasteiger charge is 2.19. The van der Waals surface area contributed by atoms with Crippen molar-refractivity contribution in [3.05, 3.63) is 29.3 Å². The predicted molar refractivity (Wildman–Crippen MR) is 59.0 cm³/mol. The van der Waals surface area contributed by atoms with Crippen molar-refractivity contribution in [3.8, 4) is 12.3 Å². The quantitative estimate of drug-likeness (QED) is 0.800. The maximum Gasteiger partial charge on any atom is 0.335 e. The van der Waals surface area contributed by atoms with E-state index >= 15 is 0 Å². The Labute approximate surface area is 93.8 Å². The minimum absolute atomic E-state index is 0.0228. The molecule has 0 saturated heterocycles. The first-order valence-corrected chi connectivity index (χ1v) is 6.04. The zero-order chi connectivity index (χ0) is 12.3. The van der Waals surface area contributed by atoms with E-state index in [0.717, 1.165) is 0 Å². The number of carboxylic acids is 1. The van der Waals surface area contributed by atoms with Gasteiger partial charge in [0.2, 0.25) is 0 Å². The van der Waals surface area contributed by atoms with Crippen LogP contribution in [0.2, 0.25) is 0 Å². The molecule has 0 radical (unpaired) electrons. The summed E-state index contributed by atoms with van der Waals surface area (Å²) in [4.78, 5) is 10.8. The van der Waals surface area contributed by atoms with Gasteiger partial charge in [-0.05, 0) is 24.6 Å². The highest BCUT2D eigenvalue weighted by molar-refractivity contribution is 7.91. The summed E-state index contributed by atoms with van der Waals surface area (Å²) in [5, 5.41) is 8.85. The van der Waals surface area contributed by atoms with E-state index in [0.29, 0.717) is 0 Å². The van der Waals surface area contributed by atoms with E-state index in [1.807, 2.05) is 5.92 Å². The summed E-state index contributed by atoms with van der Waals surface area (Å²) in [7, 11) is -3.60. The van der Waals surface area contributed by atoms with Gasteiger partial charge in [-0.2, -0.15) is 0 Å². The van der Waals surface area contributed by atoms with Crippen LogP contribution in [0, 0.1) is 19.3 Å². The molecule has 1 rings (SSSR count). The fourth-order valence-electron chi connectivity index (χ4n) is 1.37. The summed E-state index contributed by atoms with van der Waals surface area (Å²) >= 11 is 0. The van der Waals surface area contributed by atoms with E-state index in [2.05, 4.69) is 0 Å². The first-order chi connectivity index (χ1) is 7.40. The number of carbonyl (C=O) groups is 1. The second-order valence-electron chi connectivity index (χ2n) is 3.20. The Morgan fingerprint density at radius 1 is 1.50 bits per heavy atom. The van der Waals surface area contributed by atoms with Gasteiger partial charge in [-0.25, -0.2) is 13.2 Å². The van der Waals surface area contributed by atoms with Crippen molar-refractivity contribution in [2.45, 2.75) is 11.8 Å². The Hall–Kier alpha value is -1.80. The molecular weight excluding hydrogens is 228 g/mol. The van der Waals surface area contributed by atoms with Gasteiger partial charge < -0.3 is 5.11 Å². The Bertz CT molecular complexity index is 564. The summed E-state index contributed by atoms with van der Waals surface area (Å²) in [6.07, 6.45) is 4.95. The van der Waals surface area contributed by atoms with E-state index in [4.69, 9.17) is 11.5 Å². The molecule has 1 aromatic carbocycles. The van der Waals surface area contributed by atoms with Crippen molar-refractivity contribution in [2.24, 2.45) is 0 Å². The first-order valence-electron chi connectivity index (χ1n) is 4.39. The van der Waals surface area contributed by atoms with Crippen LogP contribution in [0.15, 0.2) is 23.1 Å². The average molecular weight is 238 g/mol. The third kappa shape index (κ3) is 2.23.